The summed E-state index contributed by atoms with van der Waals surface area (Å²) in [5.41, 5.74) is 2.30. The van der Waals surface area contributed by atoms with E-state index in [1.165, 1.54) is 0 Å². The molecule has 0 aliphatic rings. The maximum atomic E-state index is 12.0. The third-order valence-corrected chi connectivity index (χ3v) is 4.84. The summed E-state index contributed by atoms with van der Waals surface area (Å²) in [5, 5.41) is 15.5. The number of benzene rings is 2. The molecule has 0 saturated carbocycles. The summed E-state index contributed by atoms with van der Waals surface area (Å²) < 4.78 is 0. The van der Waals surface area contributed by atoms with Crippen LogP contribution in [0.5, 0.6) is 0 Å². The summed E-state index contributed by atoms with van der Waals surface area (Å²) >= 11 is 6.35. The first kappa shape index (κ1) is 19.9. The molecular weight excluding hydrogens is 372 g/mol. The highest BCUT2D eigenvalue weighted by molar-refractivity contribution is 6.33. The number of aromatic nitrogens is 2. The van der Waals surface area contributed by atoms with Crippen LogP contribution < -0.4 is 16.2 Å². The Hall–Kier alpha value is -2.81. The van der Waals surface area contributed by atoms with Crippen LogP contribution >= 0.6 is 11.6 Å². The van der Waals surface area contributed by atoms with Crippen LogP contribution in [-0.2, 0) is 0 Å². The second kappa shape index (κ2) is 9.93. The lowest BCUT2D eigenvalue weighted by Crippen LogP contribution is -2.15. The predicted molar refractivity (Wildman–Crippen MR) is 117 cm³/mol. The number of H-pyrrole nitrogens is 1. The molecule has 0 fully saturated rings. The van der Waals surface area contributed by atoms with E-state index in [1.54, 1.807) is 6.07 Å². The molecule has 1 aromatic heterocycles. The molecule has 0 saturated heterocycles. The molecule has 1 heterocycles. The molecule has 0 amide bonds. The Morgan fingerprint density at radius 3 is 2.68 bits per heavy atom. The molecule has 0 spiro atoms. The number of aromatic amines is 1. The van der Waals surface area contributed by atoms with Gasteiger partial charge in [0.15, 0.2) is 0 Å². The van der Waals surface area contributed by atoms with Crippen LogP contribution in [0.4, 0.5) is 5.69 Å². The van der Waals surface area contributed by atoms with Crippen LogP contribution in [0.3, 0.4) is 0 Å². The first-order valence-corrected chi connectivity index (χ1v) is 9.74. The van der Waals surface area contributed by atoms with Gasteiger partial charge in [-0.05, 0) is 37.6 Å². The van der Waals surface area contributed by atoms with Gasteiger partial charge in [-0.2, -0.15) is 5.10 Å². The van der Waals surface area contributed by atoms with E-state index in [-0.39, 0.29) is 5.56 Å². The number of hydrogen-bond donors (Lipinski definition) is 3. The number of anilines is 1. The Morgan fingerprint density at radius 2 is 1.86 bits per heavy atom. The van der Waals surface area contributed by atoms with Crippen molar-refractivity contribution in [3.05, 3.63) is 57.8 Å². The van der Waals surface area contributed by atoms with Gasteiger partial charge < -0.3 is 10.6 Å². The van der Waals surface area contributed by atoms with Gasteiger partial charge in [0, 0.05) is 17.5 Å². The summed E-state index contributed by atoms with van der Waals surface area (Å²) in [6.45, 7) is 2.39. The van der Waals surface area contributed by atoms with E-state index in [1.807, 2.05) is 36.4 Å². The minimum Gasteiger partial charge on any atom is -0.384 e. The first-order chi connectivity index (χ1) is 13.7. The number of nitrogens with zero attached hydrogens (tertiary/aromatic N) is 1. The zero-order chi connectivity index (χ0) is 19.8. The summed E-state index contributed by atoms with van der Waals surface area (Å²) in [6, 6.07) is 13.2. The second-order valence-corrected chi connectivity index (χ2v) is 6.92. The number of nitrogens with one attached hydrogen (secondary N) is 3. The van der Waals surface area contributed by atoms with Gasteiger partial charge in [-0.1, -0.05) is 48.2 Å². The highest BCUT2D eigenvalue weighted by Gasteiger charge is 2.10. The Bertz CT molecular complexity index is 1040. The third-order valence-electron chi connectivity index (χ3n) is 4.51. The Kier molecular flexibility index (Phi) is 7.07. The zero-order valence-corrected chi connectivity index (χ0v) is 16.4. The minimum atomic E-state index is -0.191. The summed E-state index contributed by atoms with van der Waals surface area (Å²) in [5.74, 6) is 2.57. The maximum Gasteiger partial charge on any atom is 0.272 e. The van der Waals surface area contributed by atoms with E-state index in [0.717, 1.165) is 54.7 Å². The molecule has 28 heavy (non-hydrogen) atoms. The van der Waals surface area contributed by atoms with Crippen molar-refractivity contribution in [2.75, 3.05) is 25.0 Å². The molecule has 0 unspecified atom stereocenters. The maximum absolute atomic E-state index is 12.0. The molecule has 5 nitrogen and oxygen atoms in total. The lowest BCUT2D eigenvalue weighted by atomic mass is 10.0. The molecule has 3 rings (SSSR count). The van der Waals surface area contributed by atoms with E-state index in [9.17, 15) is 4.79 Å². The summed E-state index contributed by atoms with van der Waals surface area (Å²) in [7, 11) is 0. The fourth-order valence-electron chi connectivity index (χ4n) is 3.08. The second-order valence-electron chi connectivity index (χ2n) is 6.51. The molecule has 3 N–H and O–H groups in total. The molecular formula is C22H23ClN4O. The quantitative estimate of drug-likeness (QED) is 0.378. The normalized spacial score (nSPS) is 10.7. The average molecular weight is 395 g/mol. The number of halogens is 1. The topological polar surface area (TPSA) is 69.8 Å². The predicted octanol–water partition coefficient (Wildman–Crippen LogP) is 4.05. The van der Waals surface area contributed by atoms with Gasteiger partial charge in [0.05, 0.1) is 28.3 Å². The molecule has 0 atom stereocenters. The van der Waals surface area contributed by atoms with Gasteiger partial charge in [0.2, 0.25) is 0 Å². The molecule has 2 aromatic carbocycles. The van der Waals surface area contributed by atoms with E-state index >= 15 is 0 Å². The van der Waals surface area contributed by atoms with Gasteiger partial charge in [-0.25, -0.2) is 5.10 Å². The number of terminal acetylenes is 1. The van der Waals surface area contributed by atoms with Gasteiger partial charge in [0.25, 0.3) is 5.56 Å². The van der Waals surface area contributed by atoms with E-state index in [4.69, 9.17) is 18.0 Å². The van der Waals surface area contributed by atoms with Crippen molar-refractivity contribution >= 4 is 28.1 Å². The van der Waals surface area contributed by atoms with Crippen molar-refractivity contribution in [2.24, 2.45) is 0 Å². The van der Waals surface area contributed by atoms with Crippen LogP contribution in [-0.4, -0.2) is 29.8 Å². The first-order valence-electron chi connectivity index (χ1n) is 9.36. The van der Waals surface area contributed by atoms with E-state index in [2.05, 4.69) is 26.8 Å². The highest BCUT2D eigenvalue weighted by atomic mass is 35.5. The zero-order valence-electron chi connectivity index (χ0n) is 15.6. The molecule has 3 aromatic rings. The molecule has 0 aliphatic carbocycles. The number of fused-ring (bicyclic) bond motifs is 1. The number of hydrogen-bond acceptors (Lipinski definition) is 4. The van der Waals surface area contributed by atoms with Crippen molar-refractivity contribution in [3.8, 4) is 23.6 Å². The lowest BCUT2D eigenvalue weighted by Gasteiger charge is -2.11. The van der Waals surface area contributed by atoms with Gasteiger partial charge in [-0.3, -0.25) is 4.79 Å². The van der Waals surface area contributed by atoms with Gasteiger partial charge >= 0.3 is 0 Å². The number of unbranched alkanes of at least 4 members (excludes halogenated alkanes) is 2. The minimum absolute atomic E-state index is 0.191. The van der Waals surface area contributed by atoms with Gasteiger partial charge in [-0.15, -0.1) is 6.42 Å². The highest BCUT2D eigenvalue weighted by Crippen LogP contribution is 2.30. The van der Waals surface area contributed by atoms with Crippen LogP contribution in [0.15, 0.2) is 47.3 Å². The smallest absolute Gasteiger partial charge is 0.272 e. The molecule has 144 valence electrons. The van der Waals surface area contributed by atoms with E-state index in [0.29, 0.717) is 17.0 Å². The summed E-state index contributed by atoms with van der Waals surface area (Å²) in [6.07, 6.45) is 8.44. The SMILES string of the molecule is C#CCNCCCCCNc1cc(-c2n[nH]c(=O)c3ccccc23)ccc1Cl. The largest absolute Gasteiger partial charge is 0.384 e. The fourth-order valence-corrected chi connectivity index (χ4v) is 3.26. The van der Waals surface area contributed by atoms with Crippen molar-refractivity contribution in [1.29, 1.82) is 0 Å². The van der Waals surface area contributed by atoms with Crippen LogP contribution in [0.2, 0.25) is 5.02 Å². The Labute approximate surface area is 169 Å². The molecule has 0 radical (unpaired) electrons. The lowest BCUT2D eigenvalue weighted by molar-refractivity contribution is 0.641. The van der Waals surface area contributed by atoms with E-state index < -0.39 is 0 Å². The Morgan fingerprint density at radius 1 is 1.07 bits per heavy atom. The van der Waals surface area contributed by atoms with Crippen LogP contribution in [0.1, 0.15) is 19.3 Å². The van der Waals surface area contributed by atoms with Crippen molar-refractivity contribution in [3.63, 3.8) is 0 Å². The van der Waals surface area contributed by atoms with Crippen molar-refractivity contribution in [2.45, 2.75) is 19.3 Å². The Balaban J connectivity index is 1.68. The monoisotopic (exact) mass is 394 g/mol. The van der Waals surface area contributed by atoms with Crippen LogP contribution in [0, 0.1) is 12.3 Å². The number of rotatable bonds is 9. The third kappa shape index (κ3) is 4.92. The average Bonchev–Trinajstić information content (AvgIpc) is 2.72. The molecule has 0 aliphatic heterocycles. The standard InChI is InChI=1S/C22H23ClN4O/c1-2-12-24-13-6-3-7-14-25-20-15-16(10-11-19(20)23)21-17-8-4-5-9-18(17)22(28)27-26-21/h1,4-5,8-11,15,24-25H,3,6-7,12-14H2,(H,27,28). The molecule has 6 heteroatoms. The van der Waals surface area contributed by atoms with Gasteiger partial charge in [0.1, 0.15) is 0 Å². The van der Waals surface area contributed by atoms with Crippen LogP contribution in [0.25, 0.3) is 22.0 Å². The molecule has 0 bridgehead atoms. The van der Waals surface area contributed by atoms with Crippen molar-refractivity contribution < 1.29 is 0 Å². The van der Waals surface area contributed by atoms with Crippen molar-refractivity contribution in [1.82, 2.24) is 15.5 Å². The summed E-state index contributed by atoms with van der Waals surface area (Å²) in [4.78, 5) is 12.0. The fraction of sp³-hybridized carbons (Fsp3) is 0.273.